The second-order valence-corrected chi connectivity index (χ2v) is 5.97. The second kappa shape index (κ2) is 5.34. The van der Waals surface area contributed by atoms with Gasteiger partial charge >= 0.3 is 0 Å². The van der Waals surface area contributed by atoms with Crippen molar-refractivity contribution in [2.45, 2.75) is 64.8 Å². The lowest BCUT2D eigenvalue weighted by molar-refractivity contribution is 0.201. The molecule has 0 radical (unpaired) electrons. The number of nitrogens with one attached hydrogen (secondary N) is 1. The van der Waals surface area contributed by atoms with Crippen molar-refractivity contribution in [3.05, 3.63) is 0 Å². The molecule has 0 aromatic heterocycles. The maximum Gasteiger partial charge on any atom is 0.0118 e. The van der Waals surface area contributed by atoms with Crippen molar-refractivity contribution < 1.29 is 0 Å². The van der Waals surface area contributed by atoms with Crippen molar-refractivity contribution in [3.8, 4) is 0 Å². The molecule has 2 unspecified atom stereocenters. The van der Waals surface area contributed by atoms with Crippen LogP contribution in [0.25, 0.3) is 0 Å². The van der Waals surface area contributed by atoms with Gasteiger partial charge in [-0.2, -0.15) is 0 Å². The van der Waals surface area contributed by atoms with Gasteiger partial charge in [-0.1, -0.05) is 33.1 Å². The van der Waals surface area contributed by atoms with Gasteiger partial charge in [0.05, 0.1) is 0 Å². The van der Waals surface area contributed by atoms with Crippen LogP contribution in [-0.4, -0.2) is 12.6 Å². The van der Waals surface area contributed by atoms with Crippen molar-refractivity contribution in [2.75, 3.05) is 6.54 Å². The summed E-state index contributed by atoms with van der Waals surface area (Å²) in [4.78, 5) is 0. The molecule has 1 nitrogen and oxygen atoms in total. The number of hydrogen-bond acceptors (Lipinski definition) is 1. The van der Waals surface area contributed by atoms with Crippen molar-refractivity contribution in [1.82, 2.24) is 5.32 Å². The Morgan fingerprint density at radius 2 is 1.47 bits per heavy atom. The van der Waals surface area contributed by atoms with Gasteiger partial charge in [-0.3, -0.25) is 0 Å². The van der Waals surface area contributed by atoms with E-state index in [1.807, 2.05) is 0 Å². The molecule has 1 N–H and O–H groups in total. The summed E-state index contributed by atoms with van der Waals surface area (Å²) < 4.78 is 0. The molecule has 2 atom stereocenters. The van der Waals surface area contributed by atoms with Crippen LogP contribution < -0.4 is 5.32 Å². The largest absolute Gasteiger partial charge is 0.313 e. The minimum Gasteiger partial charge on any atom is -0.313 e. The minimum atomic E-state index is 0.805. The molecular weight excluding hydrogens is 182 g/mol. The second-order valence-electron chi connectivity index (χ2n) is 5.97. The van der Waals surface area contributed by atoms with Crippen molar-refractivity contribution >= 4 is 0 Å². The molecule has 2 aliphatic carbocycles. The van der Waals surface area contributed by atoms with Gasteiger partial charge in [0.1, 0.15) is 0 Å². The average molecular weight is 209 g/mol. The smallest absolute Gasteiger partial charge is 0.0118 e. The first-order valence-corrected chi connectivity index (χ1v) is 7.00. The third-order valence-corrected chi connectivity index (χ3v) is 4.66. The Hall–Kier alpha value is -0.0400. The summed E-state index contributed by atoms with van der Waals surface area (Å²) in [7, 11) is 0. The molecule has 88 valence electrons. The van der Waals surface area contributed by atoms with Crippen LogP contribution in [0.4, 0.5) is 0 Å². The predicted molar refractivity (Wildman–Crippen MR) is 65.9 cm³/mol. The van der Waals surface area contributed by atoms with Crippen LogP contribution in [0.3, 0.4) is 0 Å². The van der Waals surface area contributed by atoms with Gasteiger partial charge in [0.25, 0.3) is 0 Å². The monoisotopic (exact) mass is 209 g/mol. The molecule has 0 saturated heterocycles. The molecule has 2 saturated carbocycles. The highest BCUT2D eigenvalue weighted by atomic mass is 14.9. The first-order valence-electron chi connectivity index (χ1n) is 7.00. The van der Waals surface area contributed by atoms with E-state index in [2.05, 4.69) is 19.2 Å². The van der Waals surface area contributed by atoms with E-state index in [-0.39, 0.29) is 0 Å². The number of rotatable bonds is 3. The summed E-state index contributed by atoms with van der Waals surface area (Å²) in [5.74, 6) is 2.79. The molecule has 0 aromatic rings. The highest BCUT2D eigenvalue weighted by molar-refractivity contribution is 4.84. The fraction of sp³-hybridized carbons (Fsp3) is 1.00. The zero-order chi connectivity index (χ0) is 10.7. The van der Waals surface area contributed by atoms with Gasteiger partial charge < -0.3 is 5.32 Å². The molecule has 2 aliphatic rings. The van der Waals surface area contributed by atoms with E-state index in [9.17, 15) is 0 Å². The van der Waals surface area contributed by atoms with Crippen LogP contribution in [0.2, 0.25) is 0 Å². The summed E-state index contributed by atoms with van der Waals surface area (Å²) in [5, 5.41) is 3.86. The van der Waals surface area contributed by atoms with Crippen LogP contribution in [0.15, 0.2) is 0 Å². The quantitative estimate of drug-likeness (QED) is 0.749. The van der Waals surface area contributed by atoms with Gasteiger partial charge in [0.15, 0.2) is 0 Å². The van der Waals surface area contributed by atoms with Gasteiger partial charge in [-0.15, -0.1) is 0 Å². The molecule has 2 rings (SSSR count). The van der Waals surface area contributed by atoms with Crippen LogP contribution in [-0.2, 0) is 0 Å². The number of hydrogen-bond donors (Lipinski definition) is 1. The Bertz CT molecular complexity index is 174. The fourth-order valence-electron chi connectivity index (χ4n) is 3.60. The summed E-state index contributed by atoms with van der Waals surface area (Å²) in [6.45, 7) is 6.16. The van der Waals surface area contributed by atoms with Crippen LogP contribution in [0.1, 0.15) is 58.8 Å². The van der Waals surface area contributed by atoms with Crippen LogP contribution >= 0.6 is 0 Å². The Morgan fingerprint density at radius 3 is 2.07 bits per heavy atom. The maximum absolute atomic E-state index is 3.86. The van der Waals surface area contributed by atoms with Gasteiger partial charge in [-0.25, -0.2) is 0 Å². The lowest BCUT2D eigenvalue weighted by Gasteiger charge is -2.36. The Balaban J connectivity index is 1.75. The zero-order valence-electron chi connectivity index (χ0n) is 10.5. The topological polar surface area (TPSA) is 12.0 Å². The lowest BCUT2D eigenvalue weighted by Crippen LogP contribution is -2.44. The summed E-state index contributed by atoms with van der Waals surface area (Å²) in [5.41, 5.74) is 0. The van der Waals surface area contributed by atoms with Gasteiger partial charge in [0.2, 0.25) is 0 Å². The highest BCUT2D eigenvalue weighted by Gasteiger charge is 2.28. The Labute approximate surface area is 95.0 Å². The first kappa shape index (κ1) is 11.4. The van der Waals surface area contributed by atoms with Crippen LogP contribution in [0.5, 0.6) is 0 Å². The lowest BCUT2D eigenvalue weighted by atomic mass is 9.78. The highest BCUT2D eigenvalue weighted by Crippen LogP contribution is 2.30. The molecule has 1 heteroatoms. The molecular formula is C14H27N. The third kappa shape index (κ3) is 2.96. The van der Waals surface area contributed by atoms with E-state index in [0.29, 0.717) is 0 Å². The standard InChI is InChI=1S/C14H27N/c1-11-6-5-7-12(2)14(11)15-10-13-8-3-4-9-13/h11-15H,3-10H2,1-2H3. The van der Waals surface area contributed by atoms with E-state index in [1.54, 1.807) is 0 Å². The van der Waals surface area contributed by atoms with Gasteiger partial charge in [0, 0.05) is 6.04 Å². The van der Waals surface area contributed by atoms with E-state index in [1.165, 1.54) is 51.5 Å². The normalized spacial score (nSPS) is 38.4. The third-order valence-electron chi connectivity index (χ3n) is 4.66. The van der Waals surface area contributed by atoms with E-state index in [4.69, 9.17) is 0 Å². The molecule has 0 aromatic carbocycles. The molecule has 0 aliphatic heterocycles. The molecule has 0 amide bonds. The Morgan fingerprint density at radius 1 is 0.867 bits per heavy atom. The molecule has 0 bridgehead atoms. The SMILES string of the molecule is CC1CCCC(C)C1NCC1CCCC1. The summed E-state index contributed by atoms with van der Waals surface area (Å²) >= 11 is 0. The molecule has 0 heterocycles. The Kier molecular flexibility index (Phi) is 4.07. The molecule has 2 fully saturated rings. The predicted octanol–water partition coefficient (Wildman–Crippen LogP) is 3.59. The van der Waals surface area contributed by atoms with Crippen molar-refractivity contribution in [2.24, 2.45) is 17.8 Å². The van der Waals surface area contributed by atoms with E-state index >= 15 is 0 Å². The van der Waals surface area contributed by atoms with Gasteiger partial charge in [-0.05, 0) is 50.0 Å². The molecule has 15 heavy (non-hydrogen) atoms. The minimum absolute atomic E-state index is 0.805. The first-order chi connectivity index (χ1) is 7.27. The van der Waals surface area contributed by atoms with E-state index < -0.39 is 0 Å². The zero-order valence-corrected chi connectivity index (χ0v) is 10.5. The summed E-state index contributed by atoms with van der Waals surface area (Å²) in [6, 6.07) is 0.805. The maximum atomic E-state index is 3.86. The fourth-order valence-corrected chi connectivity index (χ4v) is 3.60. The molecule has 0 spiro atoms. The summed E-state index contributed by atoms with van der Waals surface area (Å²) in [6.07, 6.45) is 10.2. The van der Waals surface area contributed by atoms with Crippen LogP contribution in [0, 0.1) is 17.8 Å². The van der Waals surface area contributed by atoms with Crippen molar-refractivity contribution in [1.29, 1.82) is 0 Å². The van der Waals surface area contributed by atoms with E-state index in [0.717, 1.165) is 23.8 Å². The average Bonchev–Trinajstić information content (AvgIpc) is 2.70. The van der Waals surface area contributed by atoms with Crippen molar-refractivity contribution in [3.63, 3.8) is 0 Å².